The number of nitrogens with zero attached hydrogens (tertiary/aromatic N) is 4. The lowest BCUT2D eigenvalue weighted by Gasteiger charge is -2.28. The number of halogens is 3. The van der Waals surface area contributed by atoms with Gasteiger partial charge < -0.3 is 14.5 Å². The third-order valence-corrected chi connectivity index (χ3v) is 8.05. The van der Waals surface area contributed by atoms with Gasteiger partial charge in [0.2, 0.25) is 0 Å². The van der Waals surface area contributed by atoms with Crippen LogP contribution in [0.4, 0.5) is 34.1 Å². The molecule has 40 heavy (non-hydrogen) atoms. The van der Waals surface area contributed by atoms with E-state index in [4.69, 9.17) is 4.74 Å². The second kappa shape index (κ2) is 11.8. The van der Waals surface area contributed by atoms with E-state index in [-0.39, 0.29) is 24.5 Å². The number of amides is 4. The molecule has 2 aromatic rings. The fourth-order valence-electron chi connectivity index (χ4n) is 4.03. The van der Waals surface area contributed by atoms with Crippen LogP contribution in [0.2, 0.25) is 0 Å². The number of hydrogen-bond acceptors (Lipinski definition) is 8. The van der Waals surface area contributed by atoms with E-state index in [0.29, 0.717) is 24.2 Å². The van der Waals surface area contributed by atoms with Crippen molar-refractivity contribution >= 4 is 39.2 Å². The number of pyridine rings is 1. The number of urea groups is 1. The number of alkyl halides is 3. The Hall–Kier alpha value is -3.72. The molecule has 1 aromatic carbocycles. The van der Waals surface area contributed by atoms with E-state index < -0.39 is 43.8 Å². The zero-order chi connectivity index (χ0) is 29.9. The van der Waals surface area contributed by atoms with E-state index in [1.165, 1.54) is 31.1 Å². The van der Waals surface area contributed by atoms with Gasteiger partial charge in [-0.15, -0.1) is 0 Å². The summed E-state index contributed by atoms with van der Waals surface area (Å²) in [5.74, 6) is -0.677. The molecule has 0 bridgehead atoms. The summed E-state index contributed by atoms with van der Waals surface area (Å²) in [6.07, 6.45) is 2.09. The Kier molecular flexibility index (Phi) is 9.09. The normalized spacial score (nSPS) is 15.6. The number of carbonyl (C=O) groups is 3. The van der Waals surface area contributed by atoms with Crippen molar-refractivity contribution in [3.05, 3.63) is 48.3 Å². The summed E-state index contributed by atoms with van der Waals surface area (Å²) < 4.78 is 67.2. The standard InChI is InChI=1S/C25H30F3N5O6S/c1-5-31(6-2)13-14-39-22(35)30-20-15-29-12-11-17(20)16-32-23(36)33(21(34)24(32,3)4)18-7-9-19(10-8-18)40(37,38)25(26,27)28/h7-12,15H,5-6,13-14,16H2,1-4H3,(H,30,35). The molecule has 4 amide bonds. The lowest BCUT2D eigenvalue weighted by Crippen LogP contribution is -2.43. The van der Waals surface area contributed by atoms with Gasteiger partial charge in [0.15, 0.2) is 0 Å². The molecule has 3 rings (SSSR count). The maximum atomic E-state index is 13.4. The molecule has 0 aliphatic carbocycles. The molecule has 0 radical (unpaired) electrons. The van der Waals surface area contributed by atoms with E-state index in [2.05, 4.69) is 15.2 Å². The first-order valence-corrected chi connectivity index (χ1v) is 13.8. The van der Waals surface area contributed by atoms with E-state index in [0.717, 1.165) is 30.1 Å². The molecule has 0 saturated carbocycles. The second-order valence-corrected chi connectivity index (χ2v) is 11.3. The van der Waals surface area contributed by atoms with Crippen LogP contribution >= 0.6 is 0 Å². The Labute approximate surface area is 229 Å². The SMILES string of the molecule is CCN(CC)CCOC(=O)Nc1cnccc1CN1C(=O)N(c2ccc(S(=O)(=O)C(F)(F)F)cc2)C(=O)C1(C)C. The number of sulfone groups is 1. The maximum absolute atomic E-state index is 13.4. The van der Waals surface area contributed by atoms with Gasteiger partial charge in [0, 0.05) is 12.7 Å². The van der Waals surface area contributed by atoms with E-state index in [1.807, 2.05) is 13.8 Å². The summed E-state index contributed by atoms with van der Waals surface area (Å²) >= 11 is 0. The van der Waals surface area contributed by atoms with Gasteiger partial charge in [-0.1, -0.05) is 13.8 Å². The van der Waals surface area contributed by atoms with Crippen LogP contribution in [0.5, 0.6) is 0 Å². The monoisotopic (exact) mass is 585 g/mol. The first-order chi connectivity index (χ1) is 18.6. The van der Waals surface area contributed by atoms with Gasteiger partial charge in [-0.05, 0) is 62.8 Å². The van der Waals surface area contributed by atoms with Gasteiger partial charge in [0.1, 0.15) is 12.1 Å². The van der Waals surface area contributed by atoms with Gasteiger partial charge in [-0.3, -0.25) is 15.1 Å². The molecule has 0 spiro atoms. The number of likely N-dealkylation sites (N-methyl/N-ethyl adjacent to an activating group) is 1. The van der Waals surface area contributed by atoms with Crippen LogP contribution in [-0.4, -0.2) is 78.5 Å². The topological polar surface area (TPSA) is 129 Å². The average molecular weight is 586 g/mol. The van der Waals surface area contributed by atoms with Crippen molar-refractivity contribution in [1.82, 2.24) is 14.8 Å². The summed E-state index contributed by atoms with van der Waals surface area (Å²) in [5, 5.41) is 2.60. The van der Waals surface area contributed by atoms with Gasteiger partial charge >= 0.3 is 17.6 Å². The smallest absolute Gasteiger partial charge is 0.448 e. The van der Waals surface area contributed by atoms with Crippen LogP contribution in [0.15, 0.2) is 47.6 Å². The molecule has 1 aliphatic rings. The van der Waals surface area contributed by atoms with E-state index in [9.17, 15) is 36.0 Å². The molecule has 1 aromatic heterocycles. The van der Waals surface area contributed by atoms with Crippen LogP contribution in [0, 0.1) is 0 Å². The molecule has 2 heterocycles. The molecule has 11 nitrogen and oxygen atoms in total. The van der Waals surface area contributed by atoms with Crippen molar-refractivity contribution in [1.29, 1.82) is 0 Å². The predicted molar refractivity (Wildman–Crippen MR) is 139 cm³/mol. The number of hydrogen-bond donors (Lipinski definition) is 1. The first kappa shape index (κ1) is 30.8. The van der Waals surface area contributed by atoms with Gasteiger partial charge in [0.05, 0.1) is 29.0 Å². The Bertz CT molecular complexity index is 1360. The second-order valence-electron chi connectivity index (χ2n) is 9.33. The molecule has 1 N–H and O–H groups in total. The van der Waals surface area contributed by atoms with Crippen LogP contribution < -0.4 is 10.2 Å². The van der Waals surface area contributed by atoms with Gasteiger partial charge in [-0.25, -0.2) is 22.9 Å². The number of imide groups is 1. The highest BCUT2D eigenvalue weighted by atomic mass is 32.2. The number of aromatic nitrogens is 1. The number of ether oxygens (including phenoxy) is 1. The number of rotatable bonds is 10. The Morgan fingerprint density at radius 2 is 1.73 bits per heavy atom. The minimum atomic E-state index is -5.60. The highest BCUT2D eigenvalue weighted by Crippen LogP contribution is 2.36. The Morgan fingerprint density at radius 3 is 2.30 bits per heavy atom. The number of nitrogens with one attached hydrogen (secondary N) is 1. The summed E-state index contributed by atoms with van der Waals surface area (Å²) in [6.45, 7) is 9.16. The molecule has 1 fully saturated rings. The summed E-state index contributed by atoms with van der Waals surface area (Å²) in [7, 11) is -5.60. The van der Waals surface area contributed by atoms with Crippen molar-refractivity contribution in [2.24, 2.45) is 0 Å². The first-order valence-electron chi connectivity index (χ1n) is 12.3. The van der Waals surface area contributed by atoms with Crippen LogP contribution in [0.25, 0.3) is 0 Å². The molecule has 0 unspecified atom stereocenters. The molecule has 1 saturated heterocycles. The van der Waals surface area contributed by atoms with E-state index >= 15 is 0 Å². The highest BCUT2D eigenvalue weighted by molar-refractivity contribution is 7.92. The van der Waals surface area contributed by atoms with Crippen molar-refractivity contribution in [3.63, 3.8) is 0 Å². The molecular formula is C25H30F3N5O6S. The third kappa shape index (κ3) is 6.20. The zero-order valence-corrected chi connectivity index (χ0v) is 23.2. The average Bonchev–Trinajstić information content (AvgIpc) is 3.06. The summed E-state index contributed by atoms with van der Waals surface area (Å²) in [6, 6.07) is 4.06. The zero-order valence-electron chi connectivity index (χ0n) is 22.4. The van der Waals surface area contributed by atoms with Crippen LogP contribution in [-0.2, 0) is 25.9 Å². The van der Waals surface area contributed by atoms with Crippen molar-refractivity contribution in [2.75, 3.05) is 36.5 Å². The van der Waals surface area contributed by atoms with E-state index in [1.54, 1.807) is 6.07 Å². The third-order valence-electron chi connectivity index (χ3n) is 6.55. The lowest BCUT2D eigenvalue weighted by molar-refractivity contribution is -0.123. The summed E-state index contributed by atoms with van der Waals surface area (Å²) in [4.78, 5) is 46.0. The molecular weight excluding hydrogens is 555 g/mol. The fraction of sp³-hybridized carbons (Fsp3) is 0.440. The molecule has 0 atom stereocenters. The fourth-order valence-corrected chi connectivity index (χ4v) is 4.80. The van der Waals surface area contributed by atoms with Gasteiger partial charge in [0.25, 0.3) is 15.7 Å². The van der Waals surface area contributed by atoms with Crippen LogP contribution in [0.1, 0.15) is 33.3 Å². The number of benzene rings is 1. The largest absolute Gasteiger partial charge is 0.501 e. The highest BCUT2D eigenvalue weighted by Gasteiger charge is 2.52. The van der Waals surface area contributed by atoms with Crippen molar-refractivity contribution < 1.29 is 40.7 Å². The number of anilines is 2. The quantitative estimate of drug-likeness (QED) is 0.414. The Morgan fingerprint density at radius 1 is 1.10 bits per heavy atom. The van der Waals surface area contributed by atoms with Crippen LogP contribution in [0.3, 0.4) is 0 Å². The summed E-state index contributed by atoms with van der Waals surface area (Å²) in [5.41, 5.74) is -6.29. The molecule has 1 aliphatic heterocycles. The minimum Gasteiger partial charge on any atom is -0.448 e. The van der Waals surface area contributed by atoms with Crippen molar-refractivity contribution in [2.45, 2.75) is 50.2 Å². The van der Waals surface area contributed by atoms with Gasteiger partial charge in [-0.2, -0.15) is 13.2 Å². The number of carbonyl (C=O) groups excluding carboxylic acids is 3. The van der Waals surface area contributed by atoms with Crippen molar-refractivity contribution in [3.8, 4) is 0 Å². The predicted octanol–water partition coefficient (Wildman–Crippen LogP) is 4.01. The molecule has 15 heteroatoms. The molecule has 218 valence electrons. The minimum absolute atomic E-state index is 0.100. The lowest BCUT2D eigenvalue weighted by atomic mass is 10.0. The Balaban J connectivity index is 1.79. The maximum Gasteiger partial charge on any atom is 0.501 e.